The molecule has 0 spiro atoms. The molecule has 0 amide bonds. The number of nitrogens with one attached hydrogen (secondary N) is 2. The first kappa shape index (κ1) is 17.4. The molecule has 2 aromatic rings. The zero-order valence-corrected chi connectivity index (χ0v) is 14.2. The van der Waals surface area contributed by atoms with E-state index in [4.69, 9.17) is 4.52 Å². The molecule has 0 atom stereocenters. The largest absolute Gasteiger partial charge is 0.364 e. The Morgan fingerprint density at radius 3 is 2.67 bits per heavy atom. The highest BCUT2D eigenvalue weighted by molar-refractivity contribution is 14.0. The SMILES string of the molecule is CN=C(NCc1ccc(C)c(F)c1)NCc1ccon1.I. The molecule has 1 aromatic heterocycles. The van der Waals surface area contributed by atoms with Crippen molar-refractivity contribution in [2.75, 3.05) is 7.05 Å². The van der Waals surface area contributed by atoms with Crippen molar-refractivity contribution in [3.8, 4) is 0 Å². The van der Waals surface area contributed by atoms with Crippen LogP contribution >= 0.6 is 24.0 Å². The fraction of sp³-hybridized carbons (Fsp3) is 0.286. The number of aromatic nitrogens is 1. The lowest BCUT2D eigenvalue weighted by Crippen LogP contribution is -2.36. The van der Waals surface area contributed by atoms with Gasteiger partial charge in [0.25, 0.3) is 0 Å². The van der Waals surface area contributed by atoms with Gasteiger partial charge in [-0.15, -0.1) is 24.0 Å². The van der Waals surface area contributed by atoms with E-state index >= 15 is 0 Å². The van der Waals surface area contributed by atoms with Gasteiger partial charge in [-0.1, -0.05) is 17.3 Å². The zero-order chi connectivity index (χ0) is 14.4. The van der Waals surface area contributed by atoms with Crippen LogP contribution in [0.4, 0.5) is 4.39 Å². The maximum absolute atomic E-state index is 13.4. The summed E-state index contributed by atoms with van der Waals surface area (Å²) in [7, 11) is 1.67. The van der Waals surface area contributed by atoms with Crippen LogP contribution in [0.5, 0.6) is 0 Å². The summed E-state index contributed by atoms with van der Waals surface area (Å²) in [6.07, 6.45) is 1.52. The van der Waals surface area contributed by atoms with E-state index in [9.17, 15) is 4.39 Å². The monoisotopic (exact) mass is 404 g/mol. The first-order valence-corrected chi connectivity index (χ1v) is 6.28. The van der Waals surface area contributed by atoms with Gasteiger partial charge in [0.15, 0.2) is 5.96 Å². The molecule has 2 N–H and O–H groups in total. The van der Waals surface area contributed by atoms with E-state index in [-0.39, 0.29) is 29.8 Å². The number of aliphatic imine (C=N–C) groups is 1. The number of nitrogens with zero attached hydrogens (tertiary/aromatic N) is 2. The number of hydrogen-bond donors (Lipinski definition) is 2. The van der Waals surface area contributed by atoms with E-state index in [1.165, 1.54) is 12.3 Å². The fourth-order valence-corrected chi connectivity index (χ4v) is 1.66. The van der Waals surface area contributed by atoms with Gasteiger partial charge < -0.3 is 15.2 Å². The number of aryl methyl sites for hydroxylation is 1. The summed E-state index contributed by atoms with van der Waals surface area (Å²) in [6.45, 7) is 2.75. The summed E-state index contributed by atoms with van der Waals surface area (Å²) in [5.41, 5.74) is 2.29. The molecule has 2 rings (SSSR count). The van der Waals surface area contributed by atoms with Gasteiger partial charge in [0, 0.05) is 19.7 Å². The number of guanidine groups is 1. The van der Waals surface area contributed by atoms with Gasteiger partial charge in [-0.25, -0.2) is 4.39 Å². The molecule has 0 saturated heterocycles. The van der Waals surface area contributed by atoms with Gasteiger partial charge >= 0.3 is 0 Å². The van der Waals surface area contributed by atoms with Gasteiger partial charge in [-0.2, -0.15) is 0 Å². The van der Waals surface area contributed by atoms with Crippen LogP contribution in [0, 0.1) is 12.7 Å². The van der Waals surface area contributed by atoms with Gasteiger partial charge in [-0.3, -0.25) is 4.99 Å². The number of benzene rings is 1. The van der Waals surface area contributed by atoms with Crippen molar-refractivity contribution >= 4 is 29.9 Å². The molecule has 0 saturated carbocycles. The number of halogens is 2. The molecule has 1 heterocycles. The van der Waals surface area contributed by atoms with Crippen LogP contribution in [0.2, 0.25) is 0 Å². The van der Waals surface area contributed by atoms with E-state index in [1.54, 1.807) is 26.1 Å². The molecule has 0 aliphatic heterocycles. The summed E-state index contributed by atoms with van der Waals surface area (Å²) in [6, 6.07) is 6.94. The molecule has 0 aliphatic rings. The normalized spacial score (nSPS) is 10.9. The van der Waals surface area contributed by atoms with Crippen LogP contribution in [0.25, 0.3) is 0 Å². The summed E-state index contributed by atoms with van der Waals surface area (Å²) in [5.74, 6) is 0.420. The van der Waals surface area contributed by atoms with Gasteiger partial charge in [0.2, 0.25) is 0 Å². The predicted octanol–water partition coefficient (Wildman–Crippen LogP) is 2.61. The van der Waals surface area contributed by atoms with Gasteiger partial charge in [0.1, 0.15) is 17.8 Å². The summed E-state index contributed by atoms with van der Waals surface area (Å²) in [5, 5.41) is 9.99. The molecule has 0 bridgehead atoms. The second-order valence-corrected chi connectivity index (χ2v) is 4.35. The quantitative estimate of drug-likeness (QED) is 0.467. The Labute approximate surface area is 140 Å². The molecule has 0 fully saturated rings. The molecule has 7 heteroatoms. The molecule has 1 aromatic carbocycles. The summed E-state index contributed by atoms with van der Waals surface area (Å²) in [4.78, 5) is 4.08. The lowest BCUT2D eigenvalue weighted by atomic mass is 10.1. The standard InChI is InChI=1S/C14H17FN4O.HI/c1-10-3-4-11(7-13(10)15)8-17-14(16-2)18-9-12-5-6-20-19-12;/h3-7H,8-9H2,1-2H3,(H2,16,17,18);1H. The smallest absolute Gasteiger partial charge is 0.191 e. The van der Waals surface area contributed by atoms with Crippen molar-refractivity contribution in [3.63, 3.8) is 0 Å². The van der Waals surface area contributed by atoms with Crippen LogP contribution in [-0.2, 0) is 13.1 Å². The van der Waals surface area contributed by atoms with Crippen LogP contribution in [-0.4, -0.2) is 18.2 Å². The topological polar surface area (TPSA) is 62.5 Å². The molecular formula is C14H18FIN4O. The highest BCUT2D eigenvalue weighted by atomic mass is 127. The summed E-state index contributed by atoms with van der Waals surface area (Å²) < 4.78 is 18.2. The van der Waals surface area contributed by atoms with E-state index < -0.39 is 0 Å². The Kier molecular flexibility index (Phi) is 7.13. The molecule has 114 valence electrons. The van der Waals surface area contributed by atoms with Crippen molar-refractivity contribution in [1.29, 1.82) is 0 Å². The second-order valence-electron chi connectivity index (χ2n) is 4.35. The maximum Gasteiger partial charge on any atom is 0.191 e. The first-order chi connectivity index (χ1) is 9.69. The molecule has 0 radical (unpaired) electrons. The lowest BCUT2D eigenvalue weighted by Gasteiger charge is -2.11. The average Bonchev–Trinajstić information content (AvgIpc) is 2.96. The fourth-order valence-electron chi connectivity index (χ4n) is 1.66. The second kappa shape index (κ2) is 8.60. The Balaban J connectivity index is 0.00000220. The maximum atomic E-state index is 13.4. The number of hydrogen-bond acceptors (Lipinski definition) is 3. The lowest BCUT2D eigenvalue weighted by molar-refractivity contribution is 0.410. The molecule has 21 heavy (non-hydrogen) atoms. The number of rotatable bonds is 4. The minimum Gasteiger partial charge on any atom is -0.364 e. The van der Waals surface area contributed by atoms with Crippen molar-refractivity contribution < 1.29 is 8.91 Å². The minimum atomic E-state index is -0.199. The molecular weight excluding hydrogens is 386 g/mol. The van der Waals surface area contributed by atoms with Crippen molar-refractivity contribution in [2.24, 2.45) is 4.99 Å². The van der Waals surface area contributed by atoms with E-state index in [0.717, 1.165) is 11.3 Å². The van der Waals surface area contributed by atoms with E-state index in [2.05, 4.69) is 20.8 Å². The van der Waals surface area contributed by atoms with Gasteiger partial charge in [0.05, 0.1) is 6.54 Å². The van der Waals surface area contributed by atoms with Crippen LogP contribution < -0.4 is 10.6 Å². The van der Waals surface area contributed by atoms with Crippen LogP contribution in [0.15, 0.2) is 40.0 Å². The Hall–Kier alpha value is -1.64. The molecule has 5 nitrogen and oxygen atoms in total. The molecule has 0 aliphatic carbocycles. The summed E-state index contributed by atoms with van der Waals surface area (Å²) >= 11 is 0. The van der Waals surface area contributed by atoms with E-state index in [0.29, 0.717) is 24.6 Å². The van der Waals surface area contributed by atoms with E-state index in [1.807, 2.05) is 6.07 Å². The Morgan fingerprint density at radius 1 is 1.29 bits per heavy atom. The first-order valence-electron chi connectivity index (χ1n) is 6.28. The van der Waals surface area contributed by atoms with Crippen LogP contribution in [0.1, 0.15) is 16.8 Å². The third kappa shape index (κ3) is 5.33. The predicted molar refractivity (Wildman–Crippen MR) is 90.1 cm³/mol. The molecule has 0 unspecified atom stereocenters. The highest BCUT2D eigenvalue weighted by Crippen LogP contribution is 2.08. The van der Waals surface area contributed by atoms with Gasteiger partial charge in [-0.05, 0) is 24.1 Å². The Morgan fingerprint density at radius 2 is 2.05 bits per heavy atom. The van der Waals surface area contributed by atoms with Crippen LogP contribution in [0.3, 0.4) is 0 Å². The van der Waals surface area contributed by atoms with Crippen molar-refractivity contribution in [3.05, 3.63) is 53.2 Å². The third-order valence-electron chi connectivity index (χ3n) is 2.85. The average molecular weight is 404 g/mol. The Bertz CT molecular complexity index is 587. The van der Waals surface area contributed by atoms with Crippen molar-refractivity contribution in [1.82, 2.24) is 15.8 Å². The zero-order valence-electron chi connectivity index (χ0n) is 11.9. The highest BCUT2D eigenvalue weighted by Gasteiger charge is 2.02. The van der Waals surface area contributed by atoms with Crippen molar-refractivity contribution in [2.45, 2.75) is 20.0 Å². The minimum absolute atomic E-state index is 0. The third-order valence-corrected chi connectivity index (χ3v) is 2.85.